The smallest absolute Gasteiger partial charge is 0.337 e. The van der Waals surface area contributed by atoms with Crippen molar-refractivity contribution < 1.29 is 9.90 Å². The number of aryl methyl sites for hydroxylation is 1. The molecule has 14 heavy (non-hydrogen) atoms. The first-order valence-corrected chi connectivity index (χ1v) is 5.51. The number of carbonyl (C=O) groups is 1. The molecular weight excluding hydrogens is 295 g/mol. The Bertz CT molecular complexity index is 366. The van der Waals surface area contributed by atoms with Crippen LogP contribution in [0.5, 0.6) is 0 Å². The van der Waals surface area contributed by atoms with Gasteiger partial charge in [-0.2, -0.15) is 5.11 Å². The third-order valence-electron chi connectivity index (χ3n) is 1.80. The summed E-state index contributed by atoms with van der Waals surface area (Å²) in [6.07, 6.45) is 0.864. The second-order valence-electron chi connectivity index (χ2n) is 2.71. The number of benzene rings is 1. The Morgan fingerprint density at radius 3 is 2.79 bits per heavy atom. The van der Waals surface area contributed by atoms with E-state index in [0.29, 0.717) is 0 Å². The molecule has 1 aromatic carbocycles. The Morgan fingerprint density at radius 2 is 2.29 bits per heavy atom. The van der Waals surface area contributed by atoms with E-state index in [0.717, 1.165) is 16.4 Å². The highest BCUT2D eigenvalue weighted by atomic mass is 127. The van der Waals surface area contributed by atoms with Crippen LogP contribution < -0.4 is 0 Å². The van der Waals surface area contributed by atoms with Crippen LogP contribution in [0.4, 0.5) is 5.69 Å². The van der Waals surface area contributed by atoms with E-state index in [1.165, 1.54) is 6.07 Å². The van der Waals surface area contributed by atoms with Crippen molar-refractivity contribution in [1.82, 2.24) is 0 Å². The van der Waals surface area contributed by atoms with Gasteiger partial charge in [-0.1, -0.05) is 28.7 Å². The summed E-state index contributed by atoms with van der Waals surface area (Å²) in [5, 5.41) is 12.0. The quantitative estimate of drug-likeness (QED) is 0.510. The molecule has 74 valence electrons. The number of halogens is 1. The second kappa shape index (κ2) is 5.04. The van der Waals surface area contributed by atoms with Crippen LogP contribution in [0.15, 0.2) is 23.3 Å². The Balaban J connectivity index is 3.11. The lowest BCUT2D eigenvalue weighted by Gasteiger charge is -2.02. The van der Waals surface area contributed by atoms with Gasteiger partial charge < -0.3 is 5.11 Å². The lowest BCUT2D eigenvalue weighted by molar-refractivity contribution is 0.0697. The molecule has 0 unspecified atom stereocenters. The predicted molar refractivity (Wildman–Crippen MR) is 60.8 cm³/mol. The molecule has 0 radical (unpaired) electrons. The van der Waals surface area contributed by atoms with Gasteiger partial charge in [-0.15, -0.1) is 0 Å². The van der Waals surface area contributed by atoms with Crippen molar-refractivity contribution in [2.24, 2.45) is 5.11 Å². The highest BCUT2D eigenvalue weighted by Gasteiger charge is 2.09. The van der Waals surface area contributed by atoms with Gasteiger partial charge in [0.1, 0.15) is 0 Å². The average molecular weight is 304 g/mol. The van der Waals surface area contributed by atoms with Gasteiger partial charge in [-0.25, -0.2) is 10.3 Å². The molecule has 0 heterocycles. The molecule has 0 atom stereocenters. The van der Waals surface area contributed by atoms with E-state index in [1.54, 1.807) is 12.1 Å². The summed E-state index contributed by atoms with van der Waals surface area (Å²) >= 11 is 2.24. The van der Waals surface area contributed by atoms with Crippen molar-refractivity contribution in [3.05, 3.63) is 29.3 Å². The zero-order valence-corrected chi connectivity index (χ0v) is 9.48. The van der Waals surface area contributed by atoms with Gasteiger partial charge >= 0.3 is 5.97 Å². The molecule has 1 rings (SSSR count). The number of hydrogen-bond acceptors (Lipinski definition) is 3. The lowest BCUT2D eigenvalue weighted by atomic mass is 10.1. The molecule has 2 N–H and O–H groups in total. The Labute approximate surface area is 95.0 Å². The summed E-state index contributed by atoms with van der Waals surface area (Å²) in [6, 6.07) is 4.91. The molecule has 0 fully saturated rings. The van der Waals surface area contributed by atoms with Crippen molar-refractivity contribution in [1.29, 1.82) is 5.53 Å². The van der Waals surface area contributed by atoms with Crippen molar-refractivity contribution in [3.63, 3.8) is 0 Å². The van der Waals surface area contributed by atoms with Gasteiger partial charge in [-0.05, 0) is 24.1 Å². The molecule has 0 spiro atoms. The van der Waals surface area contributed by atoms with Gasteiger partial charge in [0.15, 0.2) is 0 Å². The molecule has 0 bridgehead atoms. The van der Waals surface area contributed by atoms with E-state index in [1.807, 2.05) is 0 Å². The molecule has 5 heteroatoms. The van der Waals surface area contributed by atoms with Gasteiger partial charge in [0.05, 0.1) is 11.3 Å². The average Bonchev–Trinajstić information content (AvgIpc) is 2.17. The normalized spacial score (nSPS) is 9.79. The first kappa shape index (κ1) is 11.1. The van der Waals surface area contributed by atoms with Crippen LogP contribution in [0.3, 0.4) is 0 Å². The maximum absolute atomic E-state index is 10.7. The van der Waals surface area contributed by atoms with E-state index < -0.39 is 5.97 Å². The summed E-state index contributed by atoms with van der Waals surface area (Å²) in [5.41, 5.74) is 8.18. The Kier molecular flexibility index (Phi) is 3.99. The van der Waals surface area contributed by atoms with Crippen LogP contribution in [-0.2, 0) is 6.42 Å². The molecule has 0 aliphatic carbocycles. The predicted octanol–water partition coefficient (Wildman–Crippen LogP) is 3.02. The number of alkyl halides is 1. The number of aromatic carboxylic acids is 1. The first-order chi connectivity index (χ1) is 6.69. The van der Waals surface area contributed by atoms with Crippen LogP contribution >= 0.6 is 22.6 Å². The largest absolute Gasteiger partial charge is 0.478 e. The maximum Gasteiger partial charge on any atom is 0.337 e. The summed E-state index contributed by atoms with van der Waals surface area (Å²) < 4.78 is 0.960. The number of hydrogen-bond donors (Lipinski definition) is 2. The minimum atomic E-state index is -1.04. The van der Waals surface area contributed by atoms with E-state index in [9.17, 15) is 4.79 Å². The van der Waals surface area contributed by atoms with Crippen LogP contribution in [-0.4, -0.2) is 15.5 Å². The molecule has 1 aromatic rings. The van der Waals surface area contributed by atoms with E-state index in [-0.39, 0.29) is 11.3 Å². The highest BCUT2D eigenvalue weighted by Crippen LogP contribution is 2.21. The van der Waals surface area contributed by atoms with Crippen LogP contribution in [0.1, 0.15) is 15.9 Å². The summed E-state index contributed by atoms with van der Waals surface area (Å²) in [7, 11) is 0. The number of carboxylic acid groups (broad SMARTS) is 1. The van der Waals surface area contributed by atoms with Gasteiger partial charge in [0.25, 0.3) is 0 Å². The molecule has 0 aliphatic rings. The van der Waals surface area contributed by atoms with Crippen LogP contribution in [0, 0.1) is 5.53 Å². The number of carboxylic acids is 1. The van der Waals surface area contributed by atoms with Crippen LogP contribution in [0.25, 0.3) is 0 Å². The van der Waals surface area contributed by atoms with Gasteiger partial charge in [0.2, 0.25) is 0 Å². The van der Waals surface area contributed by atoms with E-state index in [2.05, 4.69) is 27.7 Å². The van der Waals surface area contributed by atoms with Crippen LogP contribution in [0.2, 0.25) is 0 Å². The molecule has 0 aromatic heterocycles. The topological polar surface area (TPSA) is 73.5 Å². The number of nitrogens with one attached hydrogen (secondary N) is 1. The van der Waals surface area contributed by atoms with Gasteiger partial charge in [-0.3, -0.25) is 0 Å². The monoisotopic (exact) mass is 304 g/mol. The zero-order chi connectivity index (χ0) is 10.6. The minimum Gasteiger partial charge on any atom is -0.478 e. The summed E-state index contributed by atoms with van der Waals surface area (Å²) in [4.78, 5) is 10.7. The Hall–Kier alpha value is -0.980. The van der Waals surface area contributed by atoms with Crippen molar-refractivity contribution >= 4 is 34.2 Å². The highest BCUT2D eigenvalue weighted by molar-refractivity contribution is 14.1. The summed E-state index contributed by atoms with van der Waals surface area (Å²) in [5.74, 6) is -1.04. The van der Waals surface area contributed by atoms with Gasteiger partial charge in [0, 0.05) is 4.43 Å². The number of nitrogens with zero attached hydrogens (tertiary/aromatic N) is 1. The Morgan fingerprint density at radius 1 is 1.57 bits per heavy atom. The standard InChI is InChI=1S/C9H9IN2O2/c10-4-3-6-1-2-7(9(13)14)8(5-6)12-11/h1-2,5,11H,3-4H2,(H,13,14). The second-order valence-corrected chi connectivity index (χ2v) is 3.79. The fraction of sp³-hybridized carbons (Fsp3) is 0.222. The molecule has 0 amide bonds. The number of rotatable bonds is 4. The fourth-order valence-electron chi connectivity index (χ4n) is 1.12. The molecule has 0 saturated heterocycles. The molecular formula is C9H9IN2O2. The molecule has 0 aliphatic heterocycles. The van der Waals surface area contributed by atoms with Crippen molar-refractivity contribution in [3.8, 4) is 0 Å². The van der Waals surface area contributed by atoms with E-state index >= 15 is 0 Å². The minimum absolute atomic E-state index is 0.0807. The van der Waals surface area contributed by atoms with Crippen molar-refractivity contribution in [2.75, 3.05) is 4.43 Å². The fourth-order valence-corrected chi connectivity index (χ4v) is 1.74. The maximum atomic E-state index is 10.7. The third-order valence-corrected chi connectivity index (χ3v) is 2.34. The summed E-state index contributed by atoms with van der Waals surface area (Å²) in [6.45, 7) is 0. The zero-order valence-electron chi connectivity index (χ0n) is 7.33. The third kappa shape index (κ3) is 2.50. The SMILES string of the molecule is N=Nc1cc(CCI)ccc1C(=O)O. The van der Waals surface area contributed by atoms with E-state index in [4.69, 9.17) is 10.6 Å². The molecule has 0 saturated carbocycles. The lowest BCUT2D eigenvalue weighted by Crippen LogP contribution is -1.97. The first-order valence-electron chi connectivity index (χ1n) is 3.98. The van der Waals surface area contributed by atoms with Crippen molar-refractivity contribution in [2.45, 2.75) is 6.42 Å². The molecule has 4 nitrogen and oxygen atoms in total.